The Morgan fingerprint density at radius 3 is 2.37 bits per heavy atom. The first-order valence-electron chi connectivity index (χ1n) is 14.2. The van der Waals surface area contributed by atoms with E-state index in [1.165, 1.54) is 6.42 Å². The average Bonchev–Trinajstić information content (AvgIpc) is 3.52. The molecule has 7 nitrogen and oxygen atoms in total. The molecular weight excluding hydrogens is 500 g/mol. The molecule has 3 fully saturated rings. The van der Waals surface area contributed by atoms with Gasteiger partial charge in [0, 0.05) is 24.4 Å². The van der Waals surface area contributed by atoms with Crippen LogP contribution < -0.4 is 4.90 Å². The molecule has 38 heavy (non-hydrogen) atoms. The van der Waals surface area contributed by atoms with Crippen LogP contribution in [0, 0.1) is 29.1 Å². The van der Waals surface area contributed by atoms with Crippen LogP contribution in [0.15, 0.2) is 6.07 Å². The van der Waals surface area contributed by atoms with Crippen LogP contribution in [0.25, 0.3) is 0 Å². The van der Waals surface area contributed by atoms with Crippen molar-refractivity contribution in [3.05, 3.63) is 15.8 Å². The van der Waals surface area contributed by atoms with Gasteiger partial charge in [0.15, 0.2) is 0 Å². The van der Waals surface area contributed by atoms with E-state index in [9.17, 15) is 19.5 Å². The molecule has 0 radical (unpaired) electrons. The number of nitrogens with zero attached hydrogens (tertiary/aromatic N) is 2. The number of hydrogen-bond acceptors (Lipinski definition) is 5. The number of carbonyl (C=O) groups is 3. The summed E-state index contributed by atoms with van der Waals surface area (Å²) < 4.78 is 5.80. The van der Waals surface area contributed by atoms with E-state index in [4.69, 9.17) is 4.74 Å². The van der Waals surface area contributed by atoms with Gasteiger partial charge in [-0.15, -0.1) is 11.3 Å². The molecule has 208 valence electrons. The van der Waals surface area contributed by atoms with E-state index in [-0.39, 0.29) is 40.4 Å². The van der Waals surface area contributed by atoms with E-state index in [0.29, 0.717) is 36.0 Å². The third-order valence-corrected chi connectivity index (χ3v) is 8.96. The first-order valence-corrected chi connectivity index (χ1v) is 15.0. The second-order valence-corrected chi connectivity index (χ2v) is 13.4. The summed E-state index contributed by atoms with van der Waals surface area (Å²) in [5, 5.41) is 10.1. The van der Waals surface area contributed by atoms with Crippen LogP contribution >= 0.6 is 11.3 Å². The highest BCUT2D eigenvalue weighted by atomic mass is 32.1. The molecule has 1 N–H and O–H groups in total. The Kier molecular flexibility index (Phi) is 9.07. The number of amides is 2. The van der Waals surface area contributed by atoms with Crippen molar-refractivity contribution < 1.29 is 24.2 Å². The van der Waals surface area contributed by atoms with Crippen LogP contribution in [0.5, 0.6) is 0 Å². The summed E-state index contributed by atoms with van der Waals surface area (Å²) in [7, 11) is 0. The van der Waals surface area contributed by atoms with Gasteiger partial charge in [0.25, 0.3) is 0 Å². The van der Waals surface area contributed by atoms with Crippen molar-refractivity contribution in [3.63, 3.8) is 0 Å². The van der Waals surface area contributed by atoms with Gasteiger partial charge in [-0.1, -0.05) is 25.2 Å². The molecule has 1 atom stereocenters. The molecule has 0 aromatic carbocycles. The Morgan fingerprint density at radius 1 is 1.05 bits per heavy atom. The van der Waals surface area contributed by atoms with Crippen LogP contribution in [-0.2, 0) is 9.53 Å². The van der Waals surface area contributed by atoms with Crippen molar-refractivity contribution in [2.75, 3.05) is 18.0 Å². The number of thiophene rings is 1. The Balaban J connectivity index is 1.61. The van der Waals surface area contributed by atoms with Crippen LogP contribution in [0.4, 0.5) is 10.5 Å². The molecule has 2 amide bonds. The molecule has 1 aliphatic heterocycles. The fourth-order valence-corrected chi connectivity index (χ4v) is 6.58. The number of hydrogen-bond donors (Lipinski definition) is 1. The lowest BCUT2D eigenvalue weighted by Gasteiger charge is -2.34. The van der Waals surface area contributed by atoms with Gasteiger partial charge in [-0.2, -0.15) is 0 Å². The van der Waals surface area contributed by atoms with Crippen molar-refractivity contribution in [1.82, 2.24) is 4.90 Å². The second kappa shape index (κ2) is 12.1. The van der Waals surface area contributed by atoms with Crippen molar-refractivity contribution in [2.45, 2.75) is 104 Å². The predicted molar refractivity (Wildman–Crippen MR) is 150 cm³/mol. The molecule has 0 unspecified atom stereocenters. The fraction of sp³-hybridized carbons (Fsp3) is 0.700. The first kappa shape index (κ1) is 28.5. The highest BCUT2D eigenvalue weighted by Crippen LogP contribution is 2.38. The Morgan fingerprint density at radius 2 is 1.74 bits per heavy atom. The SMILES string of the molecule is CC1CCC(C(=O)N(c2cc(C#CC(C)(C)C)sc2C(=O)O)[C@H]2CCN(C(=O)OC3CCCCC3)C2)CC1. The Labute approximate surface area is 230 Å². The van der Waals surface area contributed by atoms with Gasteiger partial charge < -0.3 is 19.6 Å². The first-order chi connectivity index (χ1) is 18.0. The maximum Gasteiger partial charge on any atom is 0.410 e. The summed E-state index contributed by atoms with van der Waals surface area (Å²) in [6.07, 6.45) is 9.00. The van der Waals surface area contributed by atoms with Crippen LogP contribution in [-0.4, -0.2) is 53.2 Å². The topological polar surface area (TPSA) is 87.2 Å². The number of carbonyl (C=O) groups excluding carboxylic acids is 2. The number of ether oxygens (including phenoxy) is 1. The standard InChI is InChI=1S/C30H42N2O5S/c1-20-10-12-21(13-11-20)27(33)32(25-18-24(14-16-30(2,3)4)38-26(25)28(34)35)22-15-17-31(19-22)29(36)37-23-8-6-5-7-9-23/h18,20-23H,5-13,15,17,19H2,1-4H3,(H,34,35)/t20?,21?,22-/m0/s1. The summed E-state index contributed by atoms with van der Waals surface area (Å²) in [5.41, 5.74) is 0.184. The van der Waals surface area contributed by atoms with E-state index in [2.05, 4.69) is 18.8 Å². The zero-order valence-electron chi connectivity index (χ0n) is 23.3. The summed E-state index contributed by atoms with van der Waals surface area (Å²) in [4.78, 5) is 43.5. The van der Waals surface area contributed by atoms with E-state index >= 15 is 0 Å². The van der Waals surface area contributed by atoms with Crippen molar-refractivity contribution in [3.8, 4) is 11.8 Å². The maximum absolute atomic E-state index is 14.1. The number of aromatic carboxylic acids is 1. The van der Waals surface area contributed by atoms with Crippen molar-refractivity contribution in [1.29, 1.82) is 0 Å². The van der Waals surface area contributed by atoms with E-state index < -0.39 is 5.97 Å². The van der Waals surface area contributed by atoms with Gasteiger partial charge >= 0.3 is 12.1 Å². The average molecular weight is 543 g/mol. The number of rotatable bonds is 5. The van der Waals surface area contributed by atoms with Crippen molar-refractivity contribution >= 4 is 35.0 Å². The summed E-state index contributed by atoms with van der Waals surface area (Å²) in [6, 6.07) is 1.47. The number of anilines is 1. The maximum atomic E-state index is 14.1. The lowest BCUT2D eigenvalue weighted by Crippen LogP contribution is -2.47. The number of carboxylic acids is 1. The van der Waals surface area contributed by atoms with Crippen LogP contribution in [0.2, 0.25) is 0 Å². The van der Waals surface area contributed by atoms with E-state index in [0.717, 1.165) is 62.7 Å². The number of carboxylic acid groups (broad SMARTS) is 1. The van der Waals surface area contributed by atoms with Crippen molar-refractivity contribution in [2.24, 2.45) is 17.3 Å². The lowest BCUT2D eigenvalue weighted by molar-refractivity contribution is -0.124. The van der Waals surface area contributed by atoms with Crippen LogP contribution in [0.1, 0.15) is 106 Å². The minimum absolute atomic E-state index is 0.0278. The minimum atomic E-state index is -1.06. The smallest absolute Gasteiger partial charge is 0.410 e. The zero-order chi connectivity index (χ0) is 27.4. The molecule has 1 aromatic heterocycles. The molecule has 2 heterocycles. The zero-order valence-corrected chi connectivity index (χ0v) is 24.1. The van der Waals surface area contributed by atoms with Gasteiger partial charge in [-0.25, -0.2) is 9.59 Å². The fourth-order valence-electron chi connectivity index (χ4n) is 5.74. The molecule has 4 rings (SSSR count). The van der Waals surface area contributed by atoms with Gasteiger partial charge in [-0.05, 0) is 90.5 Å². The van der Waals surface area contributed by atoms with E-state index in [1.54, 1.807) is 15.9 Å². The van der Waals surface area contributed by atoms with Crippen LogP contribution in [0.3, 0.4) is 0 Å². The van der Waals surface area contributed by atoms with Gasteiger partial charge in [0.2, 0.25) is 5.91 Å². The molecule has 0 bridgehead atoms. The quantitative estimate of drug-likeness (QED) is 0.427. The third kappa shape index (κ3) is 7.11. The van der Waals surface area contributed by atoms with Gasteiger partial charge in [0.1, 0.15) is 11.0 Å². The molecule has 1 aromatic rings. The third-order valence-electron chi connectivity index (χ3n) is 7.94. The molecule has 3 aliphatic rings. The number of likely N-dealkylation sites (tertiary alicyclic amines) is 1. The second-order valence-electron chi connectivity index (χ2n) is 12.3. The summed E-state index contributed by atoms with van der Waals surface area (Å²) in [6.45, 7) is 9.07. The molecule has 1 saturated heterocycles. The molecule has 2 saturated carbocycles. The van der Waals surface area contributed by atoms with Gasteiger partial charge in [0.05, 0.1) is 16.6 Å². The summed E-state index contributed by atoms with van der Waals surface area (Å²) in [5.74, 6) is 5.67. The Hall–Kier alpha value is -2.53. The molecular formula is C30H42N2O5S. The molecule has 0 spiro atoms. The minimum Gasteiger partial charge on any atom is -0.477 e. The lowest BCUT2D eigenvalue weighted by atomic mass is 9.82. The molecule has 8 heteroatoms. The summed E-state index contributed by atoms with van der Waals surface area (Å²) >= 11 is 1.12. The highest BCUT2D eigenvalue weighted by Gasteiger charge is 2.40. The van der Waals surface area contributed by atoms with E-state index in [1.807, 2.05) is 20.8 Å². The largest absolute Gasteiger partial charge is 0.477 e. The Bertz CT molecular complexity index is 1080. The monoisotopic (exact) mass is 542 g/mol. The predicted octanol–water partition coefficient (Wildman–Crippen LogP) is 6.55. The highest BCUT2D eigenvalue weighted by molar-refractivity contribution is 7.15. The normalized spacial score (nSPS) is 24.4. The van der Waals surface area contributed by atoms with Gasteiger partial charge in [-0.3, -0.25) is 4.79 Å². The molecule has 2 aliphatic carbocycles.